The Morgan fingerprint density at radius 3 is 2.52 bits per heavy atom. The van der Waals surface area contributed by atoms with Crippen LogP contribution in [0.2, 0.25) is 0 Å². The van der Waals surface area contributed by atoms with Crippen molar-refractivity contribution in [3.63, 3.8) is 0 Å². The van der Waals surface area contributed by atoms with Gasteiger partial charge in [-0.1, -0.05) is 13.8 Å². The summed E-state index contributed by atoms with van der Waals surface area (Å²) in [5.41, 5.74) is 6.46. The number of rotatable bonds is 4. The van der Waals surface area contributed by atoms with Crippen LogP contribution >= 0.6 is 0 Å². The van der Waals surface area contributed by atoms with Gasteiger partial charge in [-0.25, -0.2) is 13.5 Å². The van der Waals surface area contributed by atoms with E-state index in [4.69, 9.17) is 5.73 Å². The third-order valence-electron chi connectivity index (χ3n) is 3.32. The zero-order valence-corrected chi connectivity index (χ0v) is 11.9. The van der Waals surface area contributed by atoms with E-state index in [2.05, 4.69) is 5.10 Å². The first-order chi connectivity index (χ1) is 9.88. The number of aromatic nitrogens is 2. The van der Waals surface area contributed by atoms with Crippen LogP contribution in [0.4, 0.5) is 8.78 Å². The largest absolute Gasteiger partial charge is 0.326 e. The molecule has 0 fully saturated rings. The molecular weight excluding hydrogens is 276 g/mol. The normalized spacial score (nSPS) is 12.7. The van der Waals surface area contributed by atoms with Crippen molar-refractivity contribution in [3.8, 4) is 11.3 Å². The Kier molecular flexibility index (Phi) is 4.47. The lowest BCUT2D eigenvalue weighted by atomic mass is 10.1. The molecule has 112 valence electrons. The Balaban J connectivity index is 2.38. The van der Waals surface area contributed by atoms with E-state index < -0.39 is 11.6 Å². The highest BCUT2D eigenvalue weighted by Crippen LogP contribution is 2.18. The summed E-state index contributed by atoms with van der Waals surface area (Å²) in [5, 5.41) is 4.17. The minimum Gasteiger partial charge on any atom is -0.326 e. The lowest BCUT2D eigenvalue weighted by Crippen LogP contribution is -2.36. The lowest BCUT2D eigenvalue weighted by Gasteiger charge is -2.16. The second kappa shape index (κ2) is 6.13. The molecular formula is C15H17F2N3O. The minimum atomic E-state index is -0.953. The average molecular weight is 293 g/mol. The Morgan fingerprint density at radius 2 is 1.90 bits per heavy atom. The summed E-state index contributed by atoms with van der Waals surface area (Å²) < 4.78 is 27.5. The van der Waals surface area contributed by atoms with Gasteiger partial charge in [0.1, 0.15) is 0 Å². The summed E-state index contributed by atoms with van der Waals surface area (Å²) in [7, 11) is 0. The molecule has 1 aromatic heterocycles. The SMILES string of the molecule is CC(C)[C@H](N)Cn1nc(-c2ccc(F)c(F)c2)ccc1=O. The van der Waals surface area contributed by atoms with Gasteiger partial charge in [-0.3, -0.25) is 4.79 Å². The van der Waals surface area contributed by atoms with Crippen molar-refractivity contribution < 1.29 is 8.78 Å². The highest BCUT2D eigenvalue weighted by atomic mass is 19.2. The Bertz CT molecular complexity index is 698. The Morgan fingerprint density at radius 1 is 1.19 bits per heavy atom. The standard InChI is InChI=1S/C15H17F2N3O/c1-9(2)13(18)8-20-15(21)6-5-14(19-20)10-3-4-11(16)12(17)7-10/h3-7,9,13H,8,18H2,1-2H3/t13-/m1/s1. The number of nitrogens with two attached hydrogens (primary N) is 1. The van der Waals surface area contributed by atoms with Gasteiger partial charge >= 0.3 is 0 Å². The van der Waals surface area contributed by atoms with Crippen LogP contribution in [0.25, 0.3) is 11.3 Å². The smallest absolute Gasteiger partial charge is 0.266 e. The van der Waals surface area contributed by atoms with Crippen molar-refractivity contribution in [1.82, 2.24) is 9.78 Å². The van der Waals surface area contributed by atoms with E-state index in [9.17, 15) is 13.6 Å². The molecule has 2 N–H and O–H groups in total. The summed E-state index contributed by atoms with van der Waals surface area (Å²) in [4.78, 5) is 11.8. The highest BCUT2D eigenvalue weighted by Gasteiger charge is 2.12. The third kappa shape index (κ3) is 3.52. The molecule has 0 unspecified atom stereocenters. The second-order valence-electron chi connectivity index (χ2n) is 5.28. The van der Waals surface area contributed by atoms with E-state index in [1.54, 1.807) is 0 Å². The number of hydrogen-bond acceptors (Lipinski definition) is 3. The highest BCUT2D eigenvalue weighted by molar-refractivity contribution is 5.58. The molecule has 0 aliphatic rings. The number of nitrogens with zero attached hydrogens (tertiary/aromatic N) is 2. The first-order valence-corrected chi connectivity index (χ1v) is 6.67. The van der Waals surface area contributed by atoms with Crippen molar-refractivity contribution in [3.05, 3.63) is 52.3 Å². The molecule has 0 radical (unpaired) electrons. The van der Waals surface area contributed by atoms with Crippen molar-refractivity contribution in [2.45, 2.75) is 26.4 Å². The van der Waals surface area contributed by atoms with E-state index >= 15 is 0 Å². The number of halogens is 2. The van der Waals surface area contributed by atoms with Gasteiger partial charge in [0.15, 0.2) is 11.6 Å². The lowest BCUT2D eigenvalue weighted by molar-refractivity contribution is 0.404. The van der Waals surface area contributed by atoms with Gasteiger partial charge in [-0.2, -0.15) is 5.10 Å². The predicted molar refractivity (Wildman–Crippen MR) is 76.7 cm³/mol. The molecule has 1 aromatic carbocycles. The maximum atomic E-state index is 13.3. The molecule has 1 atom stereocenters. The fraction of sp³-hybridized carbons (Fsp3) is 0.333. The van der Waals surface area contributed by atoms with Gasteiger partial charge in [0.2, 0.25) is 0 Å². The molecule has 0 saturated heterocycles. The first-order valence-electron chi connectivity index (χ1n) is 6.67. The fourth-order valence-electron chi connectivity index (χ4n) is 1.80. The van der Waals surface area contributed by atoms with E-state index in [0.717, 1.165) is 12.1 Å². The zero-order chi connectivity index (χ0) is 15.6. The molecule has 0 aliphatic heterocycles. The van der Waals surface area contributed by atoms with Gasteiger partial charge in [-0.05, 0) is 30.2 Å². The number of hydrogen-bond donors (Lipinski definition) is 1. The first kappa shape index (κ1) is 15.3. The van der Waals surface area contributed by atoms with Gasteiger partial charge < -0.3 is 5.73 Å². The zero-order valence-electron chi connectivity index (χ0n) is 11.9. The van der Waals surface area contributed by atoms with E-state index in [-0.39, 0.29) is 24.1 Å². The molecule has 6 heteroatoms. The van der Waals surface area contributed by atoms with Crippen LogP contribution in [0, 0.1) is 17.6 Å². The van der Waals surface area contributed by atoms with Gasteiger partial charge in [-0.15, -0.1) is 0 Å². The summed E-state index contributed by atoms with van der Waals surface area (Å²) >= 11 is 0. The topological polar surface area (TPSA) is 60.9 Å². The fourth-order valence-corrected chi connectivity index (χ4v) is 1.80. The van der Waals surface area contributed by atoms with Crippen LogP contribution in [0.5, 0.6) is 0 Å². The molecule has 2 rings (SSSR count). The molecule has 0 amide bonds. The van der Waals surface area contributed by atoms with Crippen LogP contribution < -0.4 is 11.3 Å². The van der Waals surface area contributed by atoms with Crippen LogP contribution in [0.15, 0.2) is 35.1 Å². The molecule has 0 spiro atoms. The molecule has 2 aromatic rings. The van der Waals surface area contributed by atoms with Crippen LogP contribution in [-0.2, 0) is 6.54 Å². The van der Waals surface area contributed by atoms with Gasteiger partial charge in [0, 0.05) is 17.7 Å². The Hall–Kier alpha value is -2.08. The van der Waals surface area contributed by atoms with E-state index in [0.29, 0.717) is 11.3 Å². The summed E-state index contributed by atoms with van der Waals surface area (Å²) in [6.45, 7) is 4.18. The molecule has 1 heterocycles. The number of benzene rings is 1. The van der Waals surface area contributed by atoms with Crippen LogP contribution in [0.1, 0.15) is 13.8 Å². The second-order valence-corrected chi connectivity index (χ2v) is 5.28. The van der Waals surface area contributed by atoms with E-state index in [1.165, 1.54) is 22.9 Å². The van der Waals surface area contributed by atoms with Crippen LogP contribution in [-0.4, -0.2) is 15.8 Å². The molecule has 4 nitrogen and oxygen atoms in total. The third-order valence-corrected chi connectivity index (χ3v) is 3.32. The molecule has 0 saturated carbocycles. The minimum absolute atomic E-state index is 0.200. The van der Waals surface area contributed by atoms with Gasteiger partial charge in [0.25, 0.3) is 5.56 Å². The maximum Gasteiger partial charge on any atom is 0.266 e. The summed E-state index contributed by atoms with van der Waals surface area (Å²) in [6.07, 6.45) is 0. The quantitative estimate of drug-likeness (QED) is 0.939. The van der Waals surface area contributed by atoms with Crippen LogP contribution in [0.3, 0.4) is 0 Å². The molecule has 0 bridgehead atoms. The van der Waals surface area contributed by atoms with Crippen molar-refractivity contribution >= 4 is 0 Å². The van der Waals surface area contributed by atoms with Crippen molar-refractivity contribution in [2.24, 2.45) is 11.7 Å². The average Bonchev–Trinajstić information content (AvgIpc) is 2.44. The maximum absolute atomic E-state index is 13.3. The van der Waals surface area contributed by atoms with Gasteiger partial charge in [0.05, 0.1) is 12.2 Å². The summed E-state index contributed by atoms with van der Waals surface area (Å²) in [6, 6.07) is 6.10. The molecule has 21 heavy (non-hydrogen) atoms. The monoisotopic (exact) mass is 293 g/mol. The summed E-state index contributed by atoms with van der Waals surface area (Å²) in [5.74, 6) is -1.68. The van der Waals surface area contributed by atoms with Crippen molar-refractivity contribution in [2.75, 3.05) is 0 Å². The predicted octanol–water partition coefficient (Wildman–Crippen LogP) is 2.17. The van der Waals surface area contributed by atoms with Crippen molar-refractivity contribution in [1.29, 1.82) is 0 Å². The Labute approximate surface area is 121 Å². The van der Waals surface area contributed by atoms with E-state index in [1.807, 2.05) is 13.8 Å². The molecule has 0 aliphatic carbocycles.